The normalized spacial score (nSPS) is 19.4. The van der Waals surface area contributed by atoms with Crippen LogP contribution in [0.3, 0.4) is 0 Å². The van der Waals surface area contributed by atoms with Gasteiger partial charge in [-0.25, -0.2) is 0 Å². The van der Waals surface area contributed by atoms with Gasteiger partial charge in [0, 0.05) is 18.5 Å². The van der Waals surface area contributed by atoms with Crippen LogP contribution in [0.2, 0.25) is 0 Å². The second-order valence-corrected chi connectivity index (χ2v) is 10.2. The highest BCUT2D eigenvalue weighted by Crippen LogP contribution is 2.42. The number of carbonyl (C=O) groups is 2. The summed E-state index contributed by atoms with van der Waals surface area (Å²) in [7, 11) is 0. The Morgan fingerprint density at radius 1 is 0.900 bits per heavy atom. The molecule has 2 aliphatic heterocycles. The van der Waals surface area contributed by atoms with E-state index in [1.54, 1.807) is 12.1 Å². The number of hydrogen-bond donors (Lipinski definition) is 1. The quantitative estimate of drug-likeness (QED) is 0.174. The highest BCUT2D eigenvalue weighted by atomic mass is 16.5. The van der Waals surface area contributed by atoms with Crippen LogP contribution >= 0.6 is 0 Å². The number of benzene rings is 4. The minimum atomic E-state index is -0.788. The summed E-state index contributed by atoms with van der Waals surface area (Å²) < 4.78 is 11.9. The van der Waals surface area contributed by atoms with E-state index in [2.05, 4.69) is 0 Å². The maximum atomic E-state index is 13.5. The van der Waals surface area contributed by atoms with Crippen LogP contribution < -0.4 is 9.47 Å². The maximum Gasteiger partial charge on any atom is 0.295 e. The van der Waals surface area contributed by atoms with Gasteiger partial charge in [-0.3, -0.25) is 9.59 Å². The van der Waals surface area contributed by atoms with E-state index in [1.165, 1.54) is 4.90 Å². The lowest BCUT2D eigenvalue weighted by molar-refractivity contribution is -0.140. The minimum Gasteiger partial charge on any atom is -0.507 e. The number of rotatable bonds is 7. The molecule has 1 amide bonds. The molecule has 0 spiro atoms. The average molecular weight is 532 g/mol. The van der Waals surface area contributed by atoms with Gasteiger partial charge in [-0.2, -0.15) is 0 Å². The third-order valence-electron chi connectivity index (χ3n) is 7.33. The van der Waals surface area contributed by atoms with Crippen molar-refractivity contribution >= 4 is 17.4 Å². The zero-order valence-electron chi connectivity index (χ0n) is 22.1. The number of likely N-dealkylation sites (tertiary alicyclic amines) is 1. The van der Waals surface area contributed by atoms with E-state index in [1.807, 2.05) is 97.9 Å². The van der Waals surface area contributed by atoms with Crippen molar-refractivity contribution in [2.75, 3.05) is 0 Å². The first-order valence-corrected chi connectivity index (χ1v) is 13.4. The first-order chi connectivity index (χ1) is 19.5. The van der Waals surface area contributed by atoms with Gasteiger partial charge in [0.15, 0.2) is 0 Å². The smallest absolute Gasteiger partial charge is 0.295 e. The fraction of sp³-hybridized carbons (Fsp3) is 0.176. The predicted molar refractivity (Wildman–Crippen MR) is 152 cm³/mol. The number of carbonyl (C=O) groups excluding carboxylic acids is 2. The van der Waals surface area contributed by atoms with Crippen LogP contribution in [0.15, 0.2) is 109 Å². The molecule has 0 aromatic heterocycles. The Kier molecular flexibility index (Phi) is 6.83. The van der Waals surface area contributed by atoms with Crippen LogP contribution in [0.1, 0.15) is 40.8 Å². The molecule has 6 heteroatoms. The number of fused-ring (bicyclic) bond motifs is 1. The third kappa shape index (κ3) is 4.96. The Balaban J connectivity index is 1.41. The highest BCUT2D eigenvalue weighted by molar-refractivity contribution is 6.46. The highest BCUT2D eigenvalue weighted by Gasteiger charge is 2.46. The molecule has 6 nitrogen and oxygen atoms in total. The second kappa shape index (κ2) is 10.7. The molecule has 1 N–H and O–H groups in total. The van der Waals surface area contributed by atoms with Crippen molar-refractivity contribution in [3.63, 3.8) is 0 Å². The first-order valence-electron chi connectivity index (χ1n) is 13.4. The number of nitrogens with zero attached hydrogens (tertiary/aromatic N) is 1. The van der Waals surface area contributed by atoms with Gasteiger partial charge in [0.25, 0.3) is 11.7 Å². The van der Waals surface area contributed by atoms with Crippen molar-refractivity contribution in [1.29, 1.82) is 0 Å². The minimum absolute atomic E-state index is 0.0440. The fourth-order valence-corrected chi connectivity index (χ4v) is 5.41. The molecule has 2 aliphatic rings. The molecule has 6 rings (SSSR count). The summed E-state index contributed by atoms with van der Waals surface area (Å²) in [5, 5.41) is 11.6. The summed E-state index contributed by atoms with van der Waals surface area (Å²) in [5.41, 5.74) is 4.10. The number of Topliss-reactive ketones (excluding diaryl/α,β-unsaturated/α-hetero) is 1. The molecule has 0 bridgehead atoms. The van der Waals surface area contributed by atoms with E-state index in [9.17, 15) is 14.7 Å². The number of aliphatic hydroxyl groups is 1. The zero-order chi connectivity index (χ0) is 27.6. The fourth-order valence-electron chi connectivity index (χ4n) is 5.41. The van der Waals surface area contributed by atoms with Gasteiger partial charge >= 0.3 is 0 Å². The lowest BCUT2D eigenvalue weighted by Crippen LogP contribution is -2.29. The Morgan fingerprint density at radius 2 is 1.62 bits per heavy atom. The van der Waals surface area contributed by atoms with E-state index in [0.29, 0.717) is 29.9 Å². The van der Waals surface area contributed by atoms with Crippen molar-refractivity contribution in [3.8, 4) is 11.5 Å². The molecule has 0 saturated carbocycles. The summed E-state index contributed by atoms with van der Waals surface area (Å²) in [4.78, 5) is 28.5. The lowest BCUT2D eigenvalue weighted by atomic mass is 9.94. The summed E-state index contributed by atoms with van der Waals surface area (Å²) in [5.74, 6) is -0.177. The van der Waals surface area contributed by atoms with Gasteiger partial charge < -0.3 is 19.5 Å². The largest absolute Gasteiger partial charge is 0.507 e. The van der Waals surface area contributed by atoms with E-state index in [-0.39, 0.29) is 24.0 Å². The van der Waals surface area contributed by atoms with Crippen LogP contribution in [0.4, 0.5) is 0 Å². The van der Waals surface area contributed by atoms with Crippen LogP contribution in [0.5, 0.6) is 11.5 Å². The standard InChI is InChI=1S/C34H29NO5/c1-22-17-27-18-26(15-16-29(27)40-22)32(36)30-31(35(34(38)33(30)37)20-23-9-4-2-5-10-23)25-13-8-14-28(19-25)39-21-24-11-6-3-7-12-24/h2-16,18-19,22,31,36H,17,20-21H2,1H3/b32-30+/t22-,31+/m0/s1. The molecule has 1 fully saturated rings. The predicted octanol–water partition coefficient (Wildman–Crippen LogP) is 6.21. The van der Waals surface area contributed by atoms with Crippen LogP contribution in [-0.4, -0.2) is 27.8 Å². The van der Waals surface area contributed by atoms with Gasteiger partial charge in [-0.1, -0.05) is 72.8 Å². The summed E-state index contributed by atoms with van der Waals surface area (Å²) in [6, 6.07) is 31.3. The van der Waals surface area contributed by atoms with Crippen molar-refractivity contribution in [3.05, 3.63) is 137 Å². The molecule has 4 aromatic rings. The topological polar surface area (TPSA) is 76.1 Å². The lowest BCUT2D eigenvalue weighted by Gasteiger charge is -2.26. The van der Waals surface area contributed by atoms with Crippen molar-refractivity contribution < 1.29 is 24.2 Å². The number of ether oxygens (including phenoxy) is 2. The van der Waals surface area contributed by atoms with E-state index in [0.717, 1.165) is 22.4 Å². The Hall–Kier alpha value is -4.84. The zero-order valence-corrected chi connectivity index (χ0v) is 22.1. The van der Waals surface area contributed by atoms with Gasteiger partial charge in [0.05, 0.1) is 11.6 Å². The van der Waals surface area contributed by atoms with Gasteiger partial charge in [-0.15, -0.1) is 0 Å². The Bertz CT molecular complexity index is 1600. The van der Waals surface area contributed by atoms with Crippen molar-refractivity contribution in [2.45, 2.75) is 38.6 Å². The first kappa shape index (κ1) is 25.4. The second-order valence-electron chi connectivity index (χ2n) is 10.2. The molecular weight excluding hydrogens is 502 g/mol. The van der Waals surface area contributed by atoms with Gasteiger partial charge in [-0.05, 0) is 59.5 Å². The van der Waals surface area contributed by atoms with E-state index >= 15 is 0 Å². The van der Waals surface area contributed by atoms with E-state index < -0.39 is 17.7 Å². The van der Waals surface area contributed by atoms with Gasteiger partial charge in [0.1, 0.15) is 30.0 Å². The summed E-state index contributed by atoms with van der Waals surface area (Å²) >= 11 is 0. The van der Waals surface area contributed by atoms with E-state index in [4.69, 9.17) is 9.47 Å². The molecule has 40 heavy (non-hydrogen) atoms. The van der Waals surface area contributed by atoms with Crippen LogP contribution in [0.25, 0.3) is 5.76 Å². The maximum absolute atomic E-state index is 13.5. The van der Waals surface area contributed by atoms with Crippen molar-refractivity contribution in [2.24, 2.45) is 0 Å². The summed E-state index contributed by atoms with van der Waals surface area (Å²) in [6.07, 6.45) is 0.755. The van der Waals surface area contributed by atoms with Gasteiger partial charge in [0.2, 0.25) is 0 Å². The van der Waals surface area contributed by atoms with Crippen LogP contribution in [0, 0.1) is 0 Å². The molecule has 2 atom stereocenters. The third-order valence-corrected chi connectivity index (χ3v) is 7.33. The van der Waals surface area contributed by atoms with Crippen LogP contribution in [-0.2, 0) is 29.2 Å². The molecule has 1 saturated heterocycles. The number of ketones is 1. The SMILES string of the molecule is C[C@H]1Cc2cc(/C(O)=C3\C(=O)C(=O)N(Cc4ccccc4)[C@@H]3c3cccc(OCc4ccccc4)c3)ccc2O1. The Morgan fingerprint density at radius 3 is 2.38 bits per heavy atom. The number of aliphatic hydroxyl groups excluding tert-OH is 1. The molecule has 0 unspecified atom stereocenters. The Labute approximate surface area is 233 Å². The molecule has 200 valence electrons. The molecule has 4 aromatic carbocycles. The monoisotopic (exact) mass is 531 g/mol. The molecular formula is C34H29NO5. The number of amides is 1. The average Bonchev–Trinajstić information content (AvgIpc) is 3.48. The number of hydrogen-bond acceptors (Lipinski definition) is 5. The molecule has 2 heterocycles. The molecule has 0 radical (unpaired) electrons. The molecule has 0 aliphatic carbocycles. The van der Waals surface area contributed by atoms with Crippen molar-refractivity contribution in [1.82, 2.24) is 4.90 Å². The summed E-state index contributed by atoms with van der Waals surface area (Å²) in [6.45, 7) is 2.59.